The van der Waals surface area contributed by atoms with E-state index in [-0.39, 0.29) is 18.4 Å². The van der Waals surface area contributed by atoms with Crippen molar-refractivity contribution in [1.82, 2.24) is 10.1 Å². The average molecular weight is 379 g/mol. The first-order valence-corrected chi connectivity index (χ1v) is 7.82. The molecule has 0 unspecified atom stereocenters. The SMILES string of the molecule is CC(C)c1c(-c2cccnc2)noc1NC(=O)OCC(Cl)(Cl)Cl. The molecule has 2 rings (SSSR count). The molecule has 0 fully saturated rings. The highest BCUT2D eigenvalue weighted by Gasteiger charge is 2.25. The molecule has 0 saturated heterocycles. The van der Waals surface area contributed by atoms with E-state index in [0.29, 0.717) is 5.69 Å². The normalized spacial score (nSPS) is 11.6. The van der Waals surface area contributed by atoms with Crippen LogP contribution in [0.1, 0.15) is 25.3 Å². The second kappa shape index (κ2) is 7.38. The molecule has 124 valence electrons. The van der Waals surface area contributed by atoms with Crippen molar-refractivity contribution in [3.05, 3.63) is 30.1 Å². The van der Waals surface area contributed by atoms with Gasteiger partial charge in [-0.15, -0.1) is 0 Å². The van der Waals surface area contributed by atoms with E-state index < -0.39 is 9.89 Å². The molecule has 2 aromatic rings. The van der Waals surface area contributed by atoms with Gasteiger partial charge in [-0.05, 0) is 18.1 Å². The number of alkyl halides is 3. The number of pyridine rings is 1. The number of nitrogens with zero attached hydrogens (tertiary/aromatic N) is 2. The van der Waals surface area contributed by atoms with Gasteiger partial charge in [0, 0.05) is 23.5 Å². The van der Waals surface area contributed by atoms with Crippen LogP contribution in [0.4, 0.5) is 10.7 Å². The molecule has 2 heterocycles. The molecule has 6 nitrogen and oxygen atoms in total. The molecule has 0 bridgehead atoms. The summed E-state index contributed by atoms with van der Waals surface area (Å²) in [5.41, 5.74) is 2.11. The Bertz CT molecular complexity index is 669. The van der Waals surface area contributed by atoms with Crippen LogP contribution in [0, 0.1) is 0 Å². The monoisotopic (exact) mass is 377 g/mol. The number of aromatic nitrogens is 2. The maximum Gasteiger partial charge on any atom is 0.414 e. The smallest absolute Gasteiger partial charge is 0.414 e. The van der Waals surface area contributed by atoms with Gasteiger partial charge in [-0.25, -0.2) is 4.79 Å². The van der Waals surface area contributed by atoms with E-state index in [2.05, 4.69) is 15.5 Å². The molecule has 9 heteroatoms. The van der Waals surface area contributed by atoms with Crippen LogP contribution in [-0.2, 0) is 4.74 Å². The predicted molar refractivity (Wildman–Crippen MR) is 89.1 cm³/mol. The molecule has 2 aromatic heterocycles. The zero-order valence-electron chi connectivity index (χ0n) is 12.3. The third-order valence-corrected chi connectivity index (χ3v) is 3.15. The van der Waals surface area contributed by atoms with Crippen molar-refractivity contribution in [2.24, 2.45) is 0 Å². The van der Waals surface area contributed by atoms with Gasteiger partial charge in [0.2, 0.25) is 9.68 Å². The third-order valence-electron chi connectivity index (χ3n) is 2.82. The van der Waals surface area contributed by atoms with Gasteiger partial charge in [-0.3, -0.25) is 10.3 Å². The number of amides is 1. The average Bonchev–Trinajstić information content (AvgIpc) is 2.89. The van der Waals surface area contributed by atoms with Gasteiger partial charge in [0.15, 0.2) is 0 Å². The fourth-order valence-electron chi connectivity index (χ4n) is 1.91. The van der Waals surface area contributed by atoms with Crippen molar-refractivity contribution in [3.63, 3.8) is 0 Å². The number of ether oxygens (including phenoxy) is 1. The quantitative estimate of drug-likeness (QED) is 0.775. The molecule has 0 aliphatic heterocycles. The lowest BCUT2D eigenvalue weighted by Gasteiger charge is -2.12. The Hall–Kier alpha value is -1.50. The van der Waals surface area contributed by atoms with Crippen LogP contribution < -0.4 is 5.32 Å². The van der Waals surface area contributed by atoms with Crippen LogP contribution in [0.15, 0.2) is 29.0 Å². The fourth-order valence-corrected chi connectivity index (χ4v) is 2.07. The molecule has 0 spiro atoms. The minimum absolute atomic E-state index is 0.0416. The Morgan fingerprint density at radius 1 is 1.43 bits per heavy atom. The van der Waals surface area contributed by atoms with E-state index in [0.717, 1.165) is 11.1 Å². The molecule has 23 heavy (non-hydrogen) atoms. The number of anilines is 1. The molecule has 0 aliphatic carbocycles. The second-order valence-corrected chi connectivity index (χ2v) is 7.50. The van der Waals surface area contributed by atoms with E-state index in [1.165, 1.54) is 0 Å². The molecule has 0 aromatic carbocycles. The number of carbonyl (C=O) groups excluding carboxylic acids is 1. The summed E-state index contributed by atoms with van der Waals surface area (Å²) in [5, 5.41) is 6.47. The summed E-state index contributed by atoms with van der Waals surface area (Å²) in [7, 11) is 0. The van der Waals surface area contributed by atoms with E-state index in [1.807, 2.05) is 19.9 Å². The minimum atomic E-state index is -1.68. The lowest BCUT2D eigenvalue weighted by molar-refractivity contribution is 0.163. The molecule has 0 radical (unpaired) electrons. The van der Waals surface area contributed by atoms with Crippen LogP contribution >= 0.6 is 34.8 Å². The van der Waals surface area contributed by atoms with Gasteiger partial charge in [-0.2, -0.15) is 0 Å². The van der Waals surface area contributed by atoms with E-state index in [1.54, 1.807) is 18.5 Å². The lowest BCUT2D eigenvalue weighted by Crippen LogP contribution is -2.21. The van der Waals surface area contributed by atoms with Crippen LogP contribution in [0.2, 0.25) is 0 Å². The Labute approximate surface area is 148 Å². The molecule has 0 aliphatic rings. The summed E-state index contributed by atoms with van der Waals surface area (Å²) in [6.45, 7) is 3.51. The summed E-state index contributed by atoms with van der Waals surface area (Å²) in [6.07, 6.45) is 2.52. The van der Waals surface area contributed by atoms with Gasteiger partial charge < -0.3 is 9.26 Å². The van der Waals surface area contributed by atoms with Gasteiger partial charge in [0.25, 0.3) is 0 Å². The maximum absolute atomic E-state index is 11.8. The molecule has 1 amide bonds. The first-order chi connectivity index (χ1) is 10.8. The van der Waals surface area contributed by atoms with Gasteiger partial charge in [-0.1, -0.05) is 53.8 Å². The third kappa shape index (κ3) is 4.99. The fraction of sp³-hybridized carbons (Fsp3) is 0.357. The van der Waals surface area contributed by atoms with E-state index in [9.17, 15) is 4.79 Å². The summed E-state index contributed by atoms with van der Waals surface area (Å²) in [6, 6.07) is 3.64. The number of rotatable bonds is 4. The largest absolute Gasteiger partial charge is 0.445 e. The van der Waals surface area contributed by atoms with Crippen molar-refractivity contribution in [3.8, 4) is 11.3 Å². The Kier molecular flexibility index (Phi) is 5.73. The molecule has 1 N–H and O–H groups in total. The van der Waals surface area contributed by atoms with Crippen LogP contribution in [0.5, 0.6) is 0 Å². The highest BCUT2D eigenvalue weighted by atomic mass is 35.6. The summed E-state index contributed by atoms with van der Waals surface area (Å²) >= 11 is 16.6. The van der Waals surface area contributed by atoms with Crippen molar-refractivity contribution < 1.29 is 14.1 Å². The summed E-state index contributed by atoms with van der Waals surface area (Å²) in [4.78, 5) is 15.8. The first-order valence-electron chi connectivity index (χ1n) is 6.68. The second-order valence-electron chi connectivity index (χ2n) is 4.99. The van der Waals surface area contributed by atoms with Crippen LogP contribution in [-0.4, -0.2) is 26.6 Å². The molecular weight excluding hydrogens is 365 g/mol. The lowest BCUT2D eigenvalue weighted by atomic mass is 9.99. The topological polar surface area (TPSA) is 77.3 Å². The standard InChI is InChI=1S/C14H14Cl3N3O3/c1-8(2)10-11(9-4-3-5-18-6-9)20-23-12(10)19-13(21)22-7-14(15,16)17/h3-6,8H,7H2,1-2H3,(H,19,21). The summed E-state index contributed by atoms with van der Waals surface area (Å²) in [5.74, 6) is 0.230. The zero-order valence-corrected chi connectivity index (χ0v) is 14.6. The highest BCUT2D eigenvalue weighted by molar-refractivity contribution is 6.67. The number of nitrogens with one attached hydrogen (secondary N) is 1. The Morgan fingerprint density at radius 2 is 2.17 bits per heavy atom. The van der Waals surface area contributed by atoms with Gasteiger partial charge >= 0.3 is 6.09 Å². The predicted octanol–water partition coefficient (Wildman–Crippen LogP) is 4.78. The van der Waals surface area contributed by atoms with E-state index in [4.69, 9.17) is 44.1 Å². The maximum atomic E-state index is 11.8. The number of hydrogen-bond donors (Lipinski definition) is 1. The minimum Gasteiger partial charge on any atom is -0.445 e. The number of carbonyl (C=O) groups is 1. The van der Waals surface area contributed by atoms with E-state index >= 15 is 0 Å². The van der Waals surface area contributed by atoms with Crippen LogP contribution in [0.3, 0.4) is 0 Å². The zero-order chi connectivity index (χ0) is 17.0. The summed E-state index contributed by atoms with van der Waals surface area (Å²) < 4.78 is 8.36. The van der Waals surface area contributed by atoms with Gasteiger partial charge in [0.05, 0.1) is 0 Å². The first kappa shape index (κ1) is 17.8. The van der Waals surface area contributed by atoms with Crippen molar-refractivity contribution in [2.45, 2.75) is 23.6 Å². The highest BCUT2D eigenvalue weighted by Crippen LogP contribution is 2.34. The molecule has 0 saturated carbocycles. The van der Waals surface area contributed by atoms with Crippen molar-refractivity contribution >= 4 is 46.8 Å². The van der Waals surface area contributed by atoms with Crippen LogP contribution in [0.25, 0.3) is 11.3 Å². The number of hydrogen-bond acceptors (Lipinski definition) is 5. The Balaban J connectivity index is 2.20. The molecular formula is C14H14Cl3N3O3. The molecule has 0 atom stereocenters. The number of halogens is 3. The Morgan fingerprint density at radius 3 is 2.74 bits per heavy atom. The van der Waals surface area contributed by atoms with Gasteiger partial charge in [0.1, 0.15) is 12.3 Å². The van der Waals surface area contributed by atoms with Crippen molar-refractivity contribution in [1.29, 1.82) is 0 Å². The van der Waals surface area contributed by atoms with Crippen molar-refractivity contribution in [2.75, 3.05) is 11.9 Å².